The average Bonchev–Trinajstić information content (AvgIpc) is 3.09. The van der Waals surface area contributed by atoms with Crippen LogP contribution in [0.1, 0.15) is 25.7 Å². The van der Waals surface area contributed by atoms with E-state index in [0.29, 0.717) is 31.6 Å². The lowest BCUT2D eigenvalue weighted by Crippen LogP contribution is -2.45. The van der Waals surface area contributed by atoms with Crippen molar-refractivity contribution in [2.24, 2.45) is 0 Å². The minimum absolute atomic E-state index is 0.0145. The van der Waals surface area contributed by atoms with E-state index in [1.807, 2.05) is 0 Å². The minimum atomic E-state index is -2.88. The molecular weight excluding hydrogens is 346 g/mol. The van der Waals surface area contributed by atoms with E-state index in [9.17, 15) is 18.4 Å². The molecule has 2 aliphatic rings. The molecule has 3 rings (SSSR count). The molecule has 0 aromatic carbocycles. The third-order valence-electron chi connectivity index (χ3n) is 4.34. The number of nitrogens with zero attached hydrogens (tertiary/aromatic N) is 2. The standard InChI is InChI=1S/C14H17ClF2N4O3/c15-11-9(6-18-20-12(11)22)21-5-3-8(7-21)24-13(23)19-10-2-1-4-14(10,16)17/h6,8,10H,1-5,7H2,(H,19,23)(H,20,22)/t8-,10?/m1/s1. The maximum atomic E-state index is 13.5. The molecule has 0 radical (unpaired) electrons. The van der Waals surface area contributed by atoms with Crippen LogP contribution in [0.5, 0.6) is 0 Å². The lowest BCUT2D eigenvalue weighted by molar-refractivity contribution is -0.0193. The molecule has 10 heteroatoms. The topological polar surface area (TPSA) is 87.3 Å². The zero-order valence-electron chi connectivity index (χ0n) is 12.7. The third-order valence-corrected chi connectivity index (χ3v) is 4.71. The van der Waals surface area contributed by atoms with Gasteiger partial charge < -0.3 is 15.0 Å². The highest BCUT2D eigenvalue weighted by Gasteiger charge is 2.45. The van der Waals surface area contributed by atoms with E-state index in [4.69, 9.17) is 16.3 Å². The van der Waals surface area contributed by atoms with E-state index in [1.165, 1.54) is 6.20 Å². The van der Waals surface area contributed by atoms with E-state index >= 15 is 0 Å². The Bertz CT molecular complexity index is 684. The summed E-state index contributed by atoms with van der Waals surface area (Å²) in [7, 11) is 0. The fourth-order valence-corrected chi connectivity index (χ4v) is 3.28. The smallest absolute Gasteiger partial charge is 0.407 e. The maximum absolute atomic E-state index is 13.5. The zero-order chi connectivity index (χ0) is 17.3. The van der Waals surface area contributed by atoms with Crippen LogP contribution in [-0.4, -0.2) is 47.4 Å². The van der Waals surface area contributed by atoms with Crippen LogP contribution in [0.2, 0.25) is 5.02 Å². The maximum Gasteiger partial charge on any atom is 0.407 e. The second kappa shape index (κ2) is 6.54. The van der Waals surface area contributed by atoms with Crippen LogP contribution in [0.25, 0.3) is 0 Å². The molecule has 24 heavy (non-hydrogen) atoms. The number of halogens is 3. The molecule has 1 amide bonds. The Hall–Kier alpha value is -1.90. The number of aromatic amines is 1. The van der Waals surface area contributed by atoms with Crippen LogP contribution in [0.3, 0.4) is 0 Å². The highest BCUT2D eigenvalue weighted by atomic mass is 35.5. The predicted molar refractivity (Wildman–Crippen MR) is 82.7 cm³/mol. The molecule has 1 unspecified atom stereocenters. The van der Waals surface area contributed by atoms with Crippen molar-refractivity contribution in [3.05, 3.63) is 21.6 Å². The van der Waals surface area contributed by atoms with E-state index in [-0.39, 0.29) is 17.9 Å². The first-order valence-electron chi connectivity index (χ1n) is 7.70. The number of rotatable bonds is 3. The van der Waals surface area contributed by atoms with Gasteiger partial charge in [-0.1, -0.05) is 11.6 Å². The van der Waals surface area contributed by atoms with E-state index in [2.05, 4.69) is 15.5 Å². The summed E-state index contributed by atoms with van der Waals surface area (Å²) in [6, 6.07) is -1.17. The second-order valence-corrected chi connectivity index (χ2v) is 6.39. The van der Waals surface area contributed by atoms with Crippen molar-refractivity contribution in [2.45, 2.75) is 43.8 Å². The Morgan fingerprint density at radius 2 is 2.29 bits per heavy atom. The van der Waals surface area contributed by atoms with Gasteiger partial charge in [-0.15, -0.1) is 0 Å². The lowest BCUT2D eigenvalue weighted by atomic mass is 10.2. The largest absolute Gasteiger partial charge is 0.444 e. The molecule has 1 saturated heterocycles. The van der Waals surface area contributed by atoms with Crippen molar-refractivity contribution in [2.75, 3.05) is 18.0 Å². The number of alkyl halides is 2. The first kappa shape index (κ1) is 16.9. The fraction of sp³-hybridized carbons (Fsp3) is 0.643. The minimum Gasteiger partial charge on any atom is -0.444 e. The summed E-state index contributed by atoms with van der Waals surface area (Å²) in [6.07, 6.45) is 1.03. The molecule has 7 nitrogen and oxygen atoms in total. The number of hydrogen-bond acceptors (Lipinski definition) is 5. The Kier molecular flexibility index (Phi) is 4.62. The Labute approximate surface area is 141 Å². The lowest BCUT2D eigenvalue weighted by Gasteiger charge is -2.22. The summed E-state index contributed by atoms with van der Waals surface area (Å²) < 4.78 is 32.2. The van der Waals surface area contributed by atoms with Gasteiger partial charge in [0.2, 0.25) is 0 Å². The molecule has 2 fully saturated rings. The average molecular weight is 363 g/mol. The number of amides is 1. The molecule has 1 aliphatic heterocycles. The Morgan fingerprint density at radius 3 is 3.00 bits per heavy atom. The fourth-order valence-electron chi connectivity index (χ4n) is 3.07. The van der Waals surface area contributed by atoms with Gasteiger partial charge in [-0.05, 0) is 12.8 Å². The number of carbonyl (C=O) groups excluding carboxylic acids is 1. The van der Waals surface area contributed by atoms with Crippen LogP contribution in [0.4, 0.5) is 19.3 Å². The number of hydrogen-bond donors (Lipinski definition) is 2. The van der Waals surface area contributed by atoms with Gasteiger partial charge >= 0.3 is 6.09 Å². The molecule has 2 atom stereocenters. The third kappa shape index (κ3) is 3.45. The number of carbonyl (C=O) groups is 1. The van der Waals surface area contributed by atoms with Gasteiger partial charge in [-0.25, -0.2) is 18.7 Å². The molecule has 132 valence electrons. The van der Waals surface area contributed by atoms with Gasteiger partial charge in [0.15, 0.2) is 0 Å². The monoisotopic (exact) mass is 362 g/mol. The zero-order valence-corrected chi connectivity index (χ0v) is 13.5. The first-order chi connectivity index (χ1) is 11.4. The summed E-state index contributed by atoms with van der Waals surface area (Å²) in [5, 5.41) is 8.18. The van der Waals surface area contributed by atoms with Crippen molar-refractivity contribution in [3.8, 4) is 0 Å². The van der Waals surface area contributed by atoms with Gasteiger partial charge in [0.25, 0.3) is 11.5 Å². The number of nitrogens with one attached hydrogen (secondary N) is 2. The number of H-pyrrole nitrogens is 1. The van der Waals surface area contributed by atoms with Crippen LogP contribution in [-0.2, 0) is 4.74 Å². The molecule has 2 heterocycles. The Balaban J connectivity index is 1.55. The summed E-state index contributed by atoms with van der Waals surface area (Å²) >= 11 is 5.94. The number of alkyl carbamates (subject to hydrolysis) is 1. The highest BCUT2D eigenvalue weighted by Crippen LogP contribution is 2.35. The van der Waals surface area contributed by atoms with Crippen molar-refractivity contribution in [3.63, 3.8) is 0 Å². The quantitative estimate of drug-likeness (QED) is 0.857. The number of ether oxygens (including phenoxy) is 1. The molecule has 0 spiro atoms. The molecule has 2 N–H and O–H groups in total. The van der Waals surface area contributed by atoms with Crippen LogP contribution < -0.4 is 15.8 Å². The van der Waals surface area contributed by atoms with Gasteiger partial charge in [-0.2, -0.15) is 5.10 Å². The summed E-state index contributed by atoms with van der Waals surface area (Å²) in [6.45, 7) is 0.835. The summed E-state index contributed by atoms with van der Waals surface area (Å²) in [5.41, 5.74) is -0.0472. The van der Waals surface area contributed by atoms with Crippen LogP contribution in [0.15, 0.2) is 11.0 Å². The van der Waals surface area contributed by atoms with Crippen LogP contribution >= 0.6 is 11.6 Å². The number of aromatic nitrogens is 2. The molecule has 1 aromatic heterocycles. The van der Waals surface area contributed by atoms with Gasteiger partial charge in [-0.3, -0.25) is 4.79 Å². The van der Waals surface area contributed by atoms with Gasteiger partial charge in [0.1, 0.15) is 11.1 Å². The van der Waals surface area contributed by atoms with Crippen molar-refractivity contribution in [1.82, 2.24) is 15.5 Å². The first-order valence-corrected chi connectivity index (χ1v) is 8.08. The Morgan fingerprint density at radius 1 is 1.50 bits per heavy atom. The SMILES string of the molecule is O=C(NC1CCCC1(F)F)O[C@@H]1CCN(c2cn[nH]c(=O)c2Cl)C1. The predicted octanol–water partition coefficient (Wildman–Crippen LogP) is 1.92. The van der Waals surface area contributed by atoms with Crippen molar-refractivity contribution in [1.29, 1.82) is 0 Å². The van der Waals surface area contributed by atoms with Gasteiger partial charge in [0.05, 0.1) is 24.5 Å². The molecule has 1 aromatic rings. The second-order valence-electron chi connectivity index (χ2n) is 6.01. The summed E-state index contributed by atoms with van der Waals surface area (Å²) in [4.78, 5) is 25.1. The molecular formula is C14H17ClF2N4O3. The molecule has 0 bridgehead atoms. The molecule has 1 saturated carbocycles. The van der Waals surface area contributed by atoms with Gasteiger partial charge in [0, 0.05) is 19.4 Å². The normalized spacial score (nSPS) is 25.7. The van der Waals surface area contributed by atoms with E-state index < -0.39 is 29.7 Å². The molecule has 1 aliphatic carbocycles. The highest BCUT2D eigenvalue weighted by molar-refractivity contribution is 6.33. The van der Waals surface area contributed by atoms with Crippen molar-refractivity contribution >= 4 is 23.4 Å². The van der Waals surface area contributed by atoms with Crippen molar-refractivity contribution < 1.29 is 18.3 Å². The van der Waals surface area contributed by atoms with E-state index in [1.54, 1.807) is 4.90 Å². The van der Waals surface area contributed by atoms with E-state index in [0.717, 1.165) is 0 Å². The number of anilines is 1. The summed E-state index contributed by atoms with van der Waals surface area (Å²) in [5.74, 6) is -2.88. The van der Waals surface area contributed by atoms with Crippen LogP contribution in [0, 0.1) is 0 Å².